The third-order valence-corrected chi connectivity index (χ3v) is 2.62. The van der Waals surface area contributed by atoms with Crippen LogP contribution in [0.15, 0.2) is 29.3 Å². The first-order valence-electron chi connectivity index (χ1n) is 5.66. The van der Waals surface area contributed by atoms with E-state index >= 15 is 0 Å². The second kappa shape index (κ2) is 5.43. The van der Waals surface area contributed by atoms with Crippen molar-refractivity contribution in [2.75, 3.05) is 7.11 Å². The molecule has 1 aromatic carbocycles. The van der Waals surface area contributed by atoms with Gasteiger partial charge in [-0.05, 0) is 24.6 Å². The molecular formula is C13H12N2O5. The summed E-state index contributed by atoms with van der Waals surface area (Å²) in [5, 5.41) is 8.96. The topological polar surface area (TPSA) is 102 Å². The molecule has 0 amide bonds. The predicted octanol–water partition coefficient (Wildman–Crippen LogP) is 1.58. The van der Waals surface area contributed by atoms with Crippen LogP contribution in [0, 0.1) is 6.92 Å². The molecule has 1 aromatic heterocycles. The molecule has 0 spiro atoms. The molecule has 7 heteroatoms. The molecule has 0 aliphatic heterocycles. The van der Waals surface area contributed by atoms with E-state index in [2.05, 4.69) is 9.97 Å². The van der Waals surface area contributed by atoms with Crippen LogP contribution in [-0.4, -0.2) is 28.2 Å². The van der Waals surface area contributed by atoms with Crippen molar-refractivity contribution in [2.24, 2.45) is 0 Å². The number of carbonyl (C=O) groups is 1. The molecule has 0 bridgehead atoms. The number of carboxylic acids is 1. The Balaban J connectivity index is 2.44. The Hall–Kier alpha value is -2.83. The van der Waals surface area contributed by atoms with Gasteiger partial charge >= 0.3 is 5.97 Å². The van der Waals surface area contributed by atoms with Gasteiger partial charge in [0.05, 0.1) is 19.0 Å². The normalized spacial score (nSPS) is 10.1. The smallest absolute Gasteiger partial charge is 0.335 e. The predicted molar refractivity (Wildman–Crippen MR) is 69.6 cm³/mol. The van der Waals surface area contributed by atoms with Crippen LogP contribution < -0.4 is 15.0 Å². The number of aromatic nitrogens is 2. The van der Waals surface area contributed by atoms with Gasteiger partial charge in [-0.2, -0.15) is 0 Å². The molecule has 104 valence electrons. The largest absolute Gasteiger partial charge is 0.487 e. The second-order valence-corrected chi connectivity index (χ2v) is 3.96. The second-order valence-electron chi connectivity index (χ2n) is 3.96. The van der Waals surface area contributed by atoms with E-state index in [1.807, 2.05) is 0 Å². The molecule has 7 nitrogen and oxygen atoms in total. The maximum atomic E-state index is 11.5. The molecule has 2 N–H and O–H groups in total. The number of methoxy groups -OCH3 is 1. The van der Waals surface area contributed by atoms with Gasteiger partial charge in [-0.25, -0.2) is 9.78 Å². The standard InChI is InChI=1S/C13H12N2O5/c1-7-3-4-8(13(17)18)5-9(7)20-12-10(19-2)11(16)14-6-15-12/h3-6H,1-2H3,(H,17,18)(H,14,15,16). The number of aromatic carboxylic acids is 1. The molecule has 0 saturated carbocycles. The van der Waals surface area contributed by atoms with Gasteiger partial charge in [0.2, 0.25) is 5.75 Å². The molecule has 0 saturated heterocycles. The van der Waals surface area contributed by atoms with Crippen molar-refractivity contribution in [3.05, 3.63) is 46.0 Å². The first-order chi connectivity index (χ1) is 9.52. The summed E-state index contributed by atoms with van der Waals surface area (Å²) in [5.41, 5.74) is 0.304. The van der Waals surface area contributed by atoms with Crippen LogP contribution in [0.1, 0.15) is 15.9 Å². The van der Waals surface area contributed by atoms with Crippen molar-refractivity contribution in [1.82, 2.24) is 9.97 Å². The summed E-state index contributed by atoms with van der Waals surface area (Å²) in [6.45, 7) is 1.75. The average Bonchev–Trinajstić information content (AvgIpc) is 2.41. The maximum Gasteiger partial charge on any atom is 0.335 e. The van der Waals surface area contributed by atoms with Crippen LogP contribution in [0.5, 0.6) is 17.4 Å². The highest BCUT2D eigenvalue weighted by atomic mass is 16.5. The maximum absolute atomic E-state index is 11.5. The Morgan fingerprint density at radius 1 is 1.40 bits per heavy atom. The number of ether oxygens (including phenoxy) is 2. The first kappa shape index (κ1) is 13.6. The lowest BCUT2D eigenvalue weighted by Crippen LogP contribution is -2.11. The minimum Gasteiger partial charge on any atom is -0.487 e. The highest BCUT2D eigenvalue weighted by Crippen LogP contribution is 2.28. The lowest BCUT2D eigenvalue weighted by atomic mass is 10.1. The fourth-order valence-electron chi connectivity index (χ4n) is 1.57. The number of rotatable bonds is 4. The summed E-state index contributed by atoms with van der Waals surface area (Å²) in [7, 11) is 1.32. The molecule has 0 aliphatic carbocycles. The number of aryl methyl sites for hydroxylation is 1. The Morgan fingerprint density at radius 2 is 2.15 bits per heavy atom. The Kier molecular flexibility index (Phi) is 3.69. The van der Waals surface area contributed by atoms with Crippen LogP contribution in [0.4, 0.5) is 0 Å². The summed E-state index contributed by atoms with van der Waals surface area (Å²) >= 11 is 0. The third-order valence-electron chi connectivity index (χ3n) is 2.62. The molecule has 20 heavy (non-hydrogen) atoms. The number of hydrogen-bond donors (Lipinski definition) is 2. The fraction of sp³-hybridized carbons (Fsp3) is 0.154. The highest BCUT2D eigenvalue weighted by Gasteiger charge is 2.14. The van der Waals surface area contributed by atoms with E-state index in [-0.39, 0.29) is 17.2 Å². The van der Waals surface area contributed by atoms with Gasteiger partial charge in [0.25, 0.3) is 11.4 Å². The Labute approximate surface area is 113 Å². The molecule has 2 aromatic rings. The van der Waals surface area contributed by atoms with Gasteiger partial charge in [-0.1, -0.05) is 6.07 Å². The number of nitrogens with zero attached hydrogens (tertiary/aromatic N) is 1. The minimum absolute atomic E-state index is 0.0260. The highest BCUT2D eigenvalue weighted by molar-refractivity contribution is 5.88. The van der Waals surface area contributed by atoms with Gasteiger partial charge in [0, 0.05) is 0 Å². The van der Waals surface area contributed by atoms with Gasteiger partial charge in [-0.3, -0.25) is 4.79 Å². The van der Waals surface area contributed by atoms with Crippen LogP contribution in [0.3, 0.4) is 0 Å². The molecule has 0 fully saturated rings. The van der Waals surface area contributed by atoms with Gasteiger partial charge in [0.15, 0.2) is 0 Å². The van der Waals surface area contributed by atoms with E-state index < -0.39 is 11.5 Å². The first-order valence-corrected chi connectivity index (χ1v) is 5.66. The molecule has 2 rings (SSSR count). The zero-order valence-corrected chi connectivity index (χ0v) is 10.8. The number of aromatic amines is 1. The Bertz CT molecular complexity index is 708. The third kappa shape index (κ3) is 2.61. The number of hydrogen-bond acceptors (Lipinski definition) is 5. The van der Waals surface area contributed by atoms with Crippen molar-refractivity contribution in [1.29, 1.82) is 0 Å². The zero-order chi connectivity index (χ0) is 14.7. The van der Waals surface area contributed by atoms with Gasteiger partial charge in [0.1, 0.15) is 5.75 Å². The summed E-state index contributed by atoms with van der Waals surface area (Å²) in [6, 6.07) is 4.44. The summed E-state index contributed by atoms with van der Waals surface area (Å²) in [5.74, 6) is -0.878. The van der Waals surface area contributed by atoms with Crippen LogP contribution in [-0.2, 0) is 0 Å². The van der Waals surface area contributed by atoms with E-state index in [4.69, 9.17) is 14.6 Å². The van der Waals surface area contributed by atoms with Crippen molar-refractivity contribution in [2.45, 2.75) is 6.92 Å². The number of benzene rings is 1. The lowest BCUT2D eigenvalue weighted by molar-refractivity contribution is 0.0696. The van der Waals surface area contributed by atoms with Crippen LogP contribution in [0.2, 0.25) is 0 Å². The van der Waals surface area contributed by atoms with Crippen molar-refractivity contribution in [3.8, 4) is 17.4 Å². The molecule has 0 unspecified atom stereocenters. The van der Waals surface area contributed by atoms with Crippen molar-refractivity contribution in [3.63, 3.8) is 0 Å². The average molecular weight is 276 g/mol. The minimum atomic E-state index is -1.07. The number of carboxylic acid groups (broad SMARTS) is 1. The summed E-state index contributed by atoms with van der Waals surface area (Å²) < 4.78 is 10.4. The summed E-state index contributed by atoms with van der Waals surface area (Å²) in [4.78, 5) is 28.7. The van der Waals surface area contributed by atoms with Crippen LogP contribution in [0.25, 0.3) is 0 Å². The van der Waals surface area contributed by atoms with Crippen molar-refractivity contribution < 1.29 is 19.4 Å². The molecule has 0 atom stereocenters. The molecule has 0 aliphatic rings. The lowest BCUT2D eigenvalue weighted by Gasteiger charge is -2.10. The van der Waals surface area contributed by atoms with Gasteiger partial charge < -0.3 is 19.6 Å². The van der Waals surface area contributed by atoms with Crippen molar-refractivity contribution >= 4 is 5.97 Å². The molecule has 0 radical (unpaired) electrons. The Morgan fingerprint density at radius 3 is 2.80 bits per heavy atom. The number of H-pyrrole nitrogens is 1. The van der Waals surface area contributed by atoms with Crippen LogP contribution >= 0.6 is 0 Å². The SMILES string of the molecule is COc1c(Oc2cc(C(=O)O)ccc2C)nc[nH]c1=O. The van der Waals surface area contributed by atoms with E-state index in [0.717, 1.165) is 0 Å². The number of nitrogens with one attached hydrogen (secondary N) is 1. The quantitative estimate of drug-likeness (QED) is 0.879. The fourth-order valence-corrected chi connectivity index (χ4v) is 1.57. The molecular weight excluding hydrogens is 264 g/mol. The van der Waals surface area contributed by atoms with E-state index in [9.17, 15) is 9.59 Å². The van der Waals surface area contributed by atoms with E-state index in [0.29, 0.717) is 11.3 Å². The zero-order valence-electron chi connectivity index (χ0n) is 10.8. The van der Waals surface area contributed by atoms with E-state index in [1.54, 1.807) is 13.0 Å². The van der Waals surface area contributed by atoms with E-state index in [1.165, 1.54) is 25.6 Å². The monoisotopic (exact) mass is 276 g/mol. The molecule has 1 heterocycles. The van der Waals surface area contributed by atoms with Gasteiger partial charge in [-0.15, -0.1) is 0 Å². The summed E-state index contributed by atoms with van der Waals surface area (Å²) in [6.07, 6.45) is 1.18.